The molecule has 0 bridgehead atoms. The number of hydrogen-bond acceptors (Lipinski definition) is 25. The van der Waals surface area contributed by atoms with Gasteiger partial charge in [-0.25, -0.2) is 49.8 Å². The van der Waals surface area contributed by atoms with Gasteiger partial charge in [0.2, 0.25) is 0 Å². The third-order valence-electron chi connectivity index (χ3n) is 24.0. The highest BCUT2D eigenvalue weighted by atomic mass is 32.1. The Morgan fingerprint density at radius 3 is 0.927 bits per heavy atom. The summed E-state index contributed by atoms with van der Waals surface area (Å²) >= 11 is 6.93. The molecule has 0 unspecified atom stereocenters. The normalized spacial score (nSPS) is 31.7. The summed E-state index contributed by atoms with van der Waals surface area (Å²) < 4.78 is 177. The number of fused-ring (bicyclic) bond motifs is 15. The van der Waals surface area contributed by atoms with Crippen molar-refractivity contribution >= 4 is 137 Å². The maximum atomic E-state index is 8.37. The smallest absolute Gasteiger partial charge is 0.138 e. The third-order valence-corrected chi connectivity index (χ3v) is 29.5. The van der Waals surface area contributed by atoms with E-state index < -0.39 is 64.9 Å². The third kappa shape index (κ3) is 17.5. The molecular formula is C85H120N20S5. The predicted molar refractivity (Wildman–Crippen MR) is 464 cm³/mol. The van der Waals surface area contributed by atoms with Crippen molar-refractivity contribution in [2.75, 3.05) is 96.9 Å². The van der Waals surface area contributed by atoms with Crippen molar-refractivity contribution in [1.29, 1.82) is 0 Å². The van der Waals surface area contributed by atoms with Crippen molar-refractivity contribution in [1.82, 2.24) is 74.3 Å². The molecule has 20 rings (SSSR count). The van der Waals surface area contributed by atoms with Crippen LogP contribution in [0.3, 0.4) is 0 Å². The first-order valence-electron chi connectivity index (χ1n) is 50.6. The molecule has 5 N–H and O–H groups in total. The van der Waals surface area contributed by atoms with Gasteiger partial charge in [-0.2, -0.15) is 0 Å². The molecule has 0 spiro atoms. The molecule has 10 aliphatic rings. The monoisotopic (exact) mass is 1600 g/mol. The average molecular weight is 1600 g/mol. The fourth-order valence-corrected chi connectivity index (χ4v) is 22.9. The van der Waals surface area contributed by atoms with Crippen LogP contribution in [0.25, 0.3) is 51.1 Å². The highest BCUT2D eigenvalue weighted by molar-refractivity contribution is 7.20. The highest BCUT2D eigenvalue weighted by Gasteiger charge is 2.33. The molecule has 0 aromatic carbocycles. The zero-order valence-corrected chi connectivity index (χ0v) is 68.6. The van der Waals surface area contributed by atoms with Crippen molar-refractivity contribution in [3.63, 3.8) is 0 Å². The minimum Gasteiger partial charge on any atom is -0.367 e. The second-order valence-corrected chi connectivity index (χ2v) is 36.8. The molecule has 110 heavy (non-hydrogen) atoms. The van der Waals surface area contributed by atoms with Crippen molar-refractivity contribution in [2.24, 2.45) is 0 Å². The maximum Gasteiger partial charge on any atom is 0.138 e. The molecule has 10 aromatic heterocycles. The topological polar surface area (TPSA) is 205 Å². The van der Waals surface area contributed by atoms with Gasteiger partial charge in [-0.1, -0.05) is 0 Å². The number of anilines is 5. The molecule has 5 saturated carbocycles. The van der Waals surface area contributed by atoms with E-state index in [1.54, 1.807) is 38.1 Å². The number of thiophene rings is 5. The second-order valence-electron chi connectivity index (χ2n) is 31.6. The fraction of sp³-hybridized carbons (Fsp3) is 0.647. The van der Waals surface area contributed by atoms with Gasteiger partial charge < -0.3 is 51.1 Å². The Bertz CT molecular complexity index is 5760. The van der Waals surface area contributed by atoms with Gasteiger partial charge in [0.15, 0.2) is 0 Å². The van der Waals surface area contributed by atoms with Crippen LogP contribution in [0.5, 0.6) is 0 Å². The standard InChI is InChI=1S/5C17H24N4S/c5*1-21(2)12-8-6-11(7-9-12)20-16-15-13-4-3-5-14(13)22-17(15)19-10-18-16/h5*10-12H,3-9H2,1-2H3,(H,18,19,20)/i4D2,5D2;3D2,5D2;3D2,4D2;1D3,5D2;1D3,4D2. The SMILES string of the molecule is [2H]C1([2H])CC([2H])([2H])c2c1sc1ncnc(NC3CCC(N(C)C)CC3)c21.[2H]C1([2H])CCc2c1sc1ncnc(NC3CCC(N(C)C([2H])([2H])[2H])CC3)c21.[2H]C1([2H])CCc2sc3ncnc(NC4CCC(N(C)C([2H])([2H])[2H])CC4)c3c21.[2H]C1([2H])Cc2c(sc3ncnc(NC4CCC(N(C)C)CC4)c23)C1([2H])[2H].[2H]C1([2H])Cc2sc3ncnc(NC4CCC(N(C)C)CC4)c3c2C1([2H])[2H]. The molecule has 0 saturated heterocycles. The van der Waals surface area contributed by atoms with Crippen molar-refractivity contribution < 1.29 is 30.2 Å². The van der Waals surface area contributed by atoms with Gasteiger partial charge in [-0.15, -0.1) is 56.7 Å². The van der Waals surface area contributed by atoms with Crippen molar-refractivity contribution in [3.8, 4) is 0 Å². The lowest BCUT2D eigenvalue weighted by atomic mass is 9.90. The summed E-state index contributed by atoms with van der Waals surface area (Å²) in [5, 5.41) is 21.6. The molecule has 25 heteroatoms. The quantitative estimate of drug-likeness (QED) is 0.0647. The Hall–Kier alpha value is -6.00. The minimum atomic E-state index is -2.05. The summed E-state index contributed by atoms with van der Waals surface area (Å²) in [7, 11) is 16.1. The van der Waals surface area contributed by atoms with E-state index in [4.69, 9.17) is 30.2 Å². The van der Waals surface area contributed by atoms with E-state index in [-0.39, 0.29) is 43.4 Å². The van der Waals surface area contributed by atoms with E-state index >= 15 is 0 Å². The van der Waals surface area contributed by atoms with Crippen LogP contribution in [0.4, 0.5) is 29.1 Å². The van der Waals surface area contributed by atoms with Crippen LogP contribution in [0.2, 0.25) is 0 Å². The van der Waals surface area contributed by atoms with Crippen LogP contribution in [0.1, 0.15) is 243 Å². The molecule has 5 fully saturated rings. The number of hydrogen-bond donors (Lipinski definition) is 5. The van der Waals surface area contributed by atoms with Crippen LogP contribution in [-0.4, -0.2) is 205 Å². The number of nitrogens with zero attached hydrogens (tertiary/aromatic N) is 15. The Morgan fingerprint density at radius 2 is 0.555 bits per heavy atom. The number of aryl methyl sites for hydroxylation is 10. The number of rotatable bonds is 15. The van der Waals surface area contributed by atoms with Crippen molar-refractivity contribution in [3.05, 3.63) is 83.8 Å². The molecule has 20 nitrogen and oxygen atoms in total. The largest absolute Gasteiger partial charge is 0.367 e. The van der Waals surface area contributed by atoms with Crippen molar-refractivity contribution in [2.45, 2.75) is 285 Å². The first-order valence-corrected chi connectivity index (χ1v) is 43.7. The summed E-state index contributed by atoms with van der Waals surface area (Å²) in [5.74, 6) is 3.55. The second kappa shape index (κ2) is 35.4. The molecule has 0 amide bonds. The maximum absolute atomic E-state index is 8.37. The lowest BCUT2D eigenvalue weighted by molar-refractivity contribution is 0.221. The van der Waals surface area contributed by atoms with Gasteiger partial charge in [0.1, 0.15) is 84.9 Å². The zero-order valence-electron chi connectivity index (χ0n) is 86.5. The first kappa shape index (κ1) is 55.5. The zero-order chi connectivity index (χ0) is 94.9. The lowest BCUT2D eigenvalue weighted by Gasteiger charge is -2.33. The van der Waals surface area contributed by atoms with Crippen LogP contribution in [0, 0.1) is 0 Å². The highest BCUT2D eigenvalue weighted by Crippen LogP contribution is 2.46. The van der Waals surface area contributed by atoms with E-state index in [0.29, 0.717) is 97.2 Å². The van der Waals surface area contributed by atoms with Gasteiger partial charge >= 0.3 is 0 Å². The molecule has 10 aromatic rings. The molecule has 0 radical (unpaired) electrons. The predicted octanol–water partition coefficient (Wildman–Crippen LogP) is 17.3. The van der Waals surface area contributed by atoms with E-state index in [1.807, 2.05) is 0 Å². The van der Waals surface area contributed by atoms with Crippen LogP contribution < -0.4 is 26.6 Å². The Balaban J connectivity index is 0.000000120. The minimum absolute atomic E-state index is 0.0699. The van der Waals surface area contributed by atoms with Gasteiger partial charge in [0, 0.05) is 115 Å². The van der Waals surface area contributed by atoms with E-state index in [0.717, 1.165) is 226 Å². The summed E-state index contributed by atoms with van der Waals surface area (Å²) in [6, 6.07) is 3.44. The first-order chi connectivity index (χ1) is 61.9. The molecular weight excluding hydrogens is 1460 g/mol. The summed E-state index contributed by atoms with van der Waals surface area (Å²) in [4.78, 5) is 61.1. The van der Waals surface area contributed by atoms with E-state index in [2.05, 4.69) is 133 Å². The molecule has 590 valence electrons. The number of nitrogens with one attached hydrogen (secondary N) is 5. The summed E-state index contributed by atoms with van der Waals surface area (Å²) in [6.45, 7) is -4.09. The van der Waals surface area contributed by atoms with Crippen LogP contribution in [0.15, 0.2) is 31.6 Å². The summed E-state index contributed by atoms with van der Waals surface area (Å²) in [6.07, 6.45) is 16.5. The average Bonchev–Trinajstić information content (AvgIpc) is 1.58. The molecule has 0 atom stereocenters. The van der Waals surface area contributed by atoms with E-state index in [1.165, 1.54) is 74.1 Å². The van der Waals surface area contributed by atoms with Gasteiger partial charge in [-0.3, -0.25) is 0 Å². The number of aromatic nitrogens is 10. The fourth-order valence-electron chi connectivity index (χ4n) is 17.6. The Labute approximate surface area is 703 Å². The van der Waals surface area contributed by atoms with E-state index in [9.17, 15) is 0 Å². The Morgan fingerprint density at radius 1 is 0.282 bits per heavy atom. The summed E-state index contributed by atoms with van der Waals surface area (Å²) in [5.41, 5.74) is 3.46. The van der Waals surface area contributed by atoms with Crippen LogP contribution >= 0.6 is 56.7 Å². The van der Waals surface area contributed by atoms with Crippen LogP contribution in [-0.2, 0) is 63.9 Å². The molecule has 10 aliphatic carbocycles. The molecule has 10 heterocycles. The lowest BCUT2D eigenvalue weighted by Crippen LogP contribution is -2.36. The van der Waals surface area contributed by atoms with Gasteiger partial charge in [0.05, 0.1) is 26.9 Å². The Kier molecular flexibility index (Phi) is 17.9. The van der Waals surface area contributed by atoms with Gasteiger partial charge in [-0.05, 0) is 322 Å². The molecule has 0 aliphatic heterocycles. The van der Waals surface area contributed by atoms with Gasteiger partial charge in [0.25, 0.3) is 0 Å².